The first kappa shape index (κ1) is 37.5. The van der Waals surface area contributed by atoms with Crippen LogP contribution in [0.2, 0.25) is 0 Å². The van der Waals surface area contributed by atoms with Gasteiger partial charge in [0.05, 0.1) is 61.8 Å². The van der Waals surface area contributed by atoms with Crippen molar-refractivity contribution in [1.29, 1.82) is 0 Å². The van der Waals surface area contributed by atoms with Gasteiger partial charge in [-0.2, -0.15) is 0 Å². The van der Waals surface area contributed by atoms with E-state index in [0.717, 1.165) is 98.1 Å². The minimum Gasteiger partial charge on any atom is -0.494 e. The zero-order valence-electron chi connectivity index (χ0n) is 31.7. The van der Waals surface area contributed by atoms with Gasteiger partial charge in [0.2, 0.25) is 0 Å². The van der Waals surface area contributed by atoms with Crippen molar-refractivity contribution in [2.24, 2.45) is 35.5 Å². The maximum Gasteiger partial charge on any atom is 0.502 e. The van der Waals surface area contributed by atoms with Crippen molar-refractivity contribution >= 4 is 25.2 Å². The minimum absolute atomic E-state index is 0.0415. The highest BCUT2D eigenvalue weighted by atomic mass is 16.7. The fourth-order valence-electron chi connectivity index (χ4n) is 10.7. The zero-order chi connectivity index (χ0) is 37.0. The van der Waals surface area contributed by atoms with Crippen LogP contribution >= 0.6 is 0 Å². The normalized spacial score (nSPS) is 30.9. The van der Waals surface area contributed by atoms with Crippen LogP contribution in [0.5, 0.6) is 23.0 Å². The van der Waals surface area contributed by atoms with E-state index in [1.54, 1.807) is 0 Å². The van der Waals surface area contributed by atoms with E-state index in [4.69, 9.17) is 37.6 Å². The molecule has 286 valence electrons. The first-order valence-corrected chi connectivity index (χ1v) is 20.5. The van der Waals surface area contributed by atoms with E-state index in [-0.39, 0.29) is 24.4 Å². The lowest BCUT2D eigenvalue weighted by Crippen LogP contribution is -2.49. The first-order chi connectivity index (χ1) is 26.7. The quantitative estimate of drug-likeness (QED) is 0.0543. The lowest BCUT2D eigenvalue weighted by molar-refractivity contribution is -0.0431. The summed E-state index contributed by atoms with van der Waals surface area (Å²) in [6.45, 7) is 17.8. The second-order valence-electron chi connectivity index (χ2n) is 15.8. The van der Waals surface area contributed by atoms with Crippen LogP contribution in [0.3, 0.4) is 0 Å². The summed E-state index contributed by atoms with van der Waals surface area (Å²) >= 11 is 0. The maximum atomic E-state index is 6.97. The number of unbranched alkanes of at least 4 members (excludes halogenated alkanes) is 4. The Morgan fingerprint density at radius 1 is 0.481 bits per heavy atom. The number of fused-ring (bicyclic) bond motifs is 15. The Bertz CT molecular complexity index is 1430. The molecule has 2 aromatic carbocycles. The second-order valence-corrected chi connectivity index (χ2v) is 15.8. The van der Waals surface area contributed by atoms with Crippen LogP contribution in [0.25, 0.3) is 0 Å². The van der Waals surface area contributed by atoms with E-state index in [1.165, 1.54) is 0 Å². The molecular weight excluding hydrogens is 678 g/mol. The van der Waals surface area contributed by atoms with Crippen molar-refractivity contribution in [2.45, 2.75) is 88.6 Å². The van der Waals surface area contributed by atoms with Crippen LogP contribution in [0, 0.1) is 35.5 Å². The molecule has 4 bridgehead atoms. The lowest BCUT2D eigenvalue weighted by Gasteiger charge is -2.43. The third-order valence-electron chi connectivity index (χ3n) is 12.7. The molecule has 2 aliphatic heterocycles. The molecule has 8 atom stereocenters. The second kappa shape index (κ2) is 17.2. The fourth-order valence-corrected chi connectivity index (χ4v) is 10.7. The first-order valence-electron chi connectivity index (χ1n) is 20.5. The molecule has 8 rings (SSSR count). The molecule has 2 aromatic rings. The molecule has 2 heterocycles. The molecule has 4 aliphatic carbocycles. The third-order valence-corrected chi connectivity index (χ3v) is 12.7. The van der Waals surface area contributed by atoms with Gasteiger partial charge in [0, 0.05) is 0 Å². The molecule has 8 nitrogen and oxygen atoms in total. The predicted molar refractivity (Wildman–Crippen MR) is 213 cm³/mol. The van der Waals surface area contributed by atoms with Gasteiger partial charge in [0.1, 0.15) is 23.0 Å². The summed E-state index contributed by atoms with van der Waals surface area (Å²) in [6, 6.07) is 12.0. The number of hydrogen-bond donors (Lipinski definition) is 0. The maximum absolute atomic E-state index is 6.97. The van der Waals surface area contributed by atoms with E-state index in [0.29, 0.717) is 61.9 Å². The van der Waals surface area contributed by atoms with Crippen molar-refractivity contribution in [3.63, 3.8) is 0 Å². The fraction of sp³-hybridized carbons (Fsp3) is 0.545. The monoisotopic (exact) mass is 734 g/mol. The van der Waals surface area contributed by atoms with Crippen molar-refractivity contribution in [1.82, 2.24) is 0 Å². The van der Waals surface area contributed by atoms with Crippen molar-refractivity contribution in [3.05, 3.63) is 87.0 Å². The van der Waals surface area contributed by atoms with E-state index in [2.05, 4.69) is 26.3 Å². The van der Waals surface area contributed by atoms with Crippen molar-refractivity contribution in [2.75, 3.05) is 26.4 Å². The van der Waals surface area contributed by atoms with E-state index in [1.807, 2.05) is 60.7 Å². The Morgan fingerprint density at radius 2 is 0.759 bits per heavy atom. The molecule has 4 saturated carbocycles. The van der Waals surface area contributed by atoms with Crippen LogP contribution in [0.1, 0.15) is 64.2 Å². The van der Waals surface area contributed by atoms with Gasteiger partial charge in [-0.1, -0.05) is 36.4 Å². The number of rotatable bonds is 22. The summed E-state index contributed by atoms with van der Waals surface area (Å²) in [5.74, 6) is 5.86. The molecule has 10 heteroatoms. The van der Waals surface area contributed by atoms with Gasteiger partial charge in [-0.25, -0.2) is 0 Å². The van der Waals surface area contributed by atoms with Crippen molar-refractivity contribution < 1.29 is 37.6 Å². The number of benzene rings is 2. The Labute approximate surface area is 322 Å². The summed E-state index contributed by atoms with van der Waals surface area (Å²) in [5, 5.41) is 0. The third kappa shape index (κ3) is 7.08. The smallest absolute Gasteiger partial charge is 0.494 e. The Hall–Kier alpha value is -3.43. The Balaban J connectivity index is 0.988. The number of allylic oxidation sites excluding steroid dienone is 4. The van der Waals surface area contributed by atoms with E-state index >= 15 is 0 Å². The average molecular weight is 735 g/mol. The molecule has 0 unspecified atom stereocenters. The molecule has 54 heavy (non-hydrogen) atoms. The van der Waals surface area contributed by atoms with Crippen LogP contribution in [0.15, 0.2) is 87.0 Å². The molecule has 0 N–H and O–H groups in total. The molecular formula is C44H56B2O8. The topological polar surface area (TPSA) is 73.8 Å². The largest absolute Gasteiger partial charge is 0.502 e. The molecule has 2 saturated heterocycles. The van der Waals surface area contributed by atoms with Gasteiger partial charge < -0.3 is 37.6 Å². The van der Waals surface area contributed by atoms with Gasteiger partial charge in [-0.3, -0.25) is 0 Å². The van der Waals surface area contributed by atoms with Crippen LogP contribution < -0.4 is 29.9 Å². The molecule has 0 spiro atoms. The minimum atomic E-state index is -0.531. The van der Waals surface area contributed by atoms with Gasteiger partial charge >= 0.3 is 14.2 Å². The molecule has 0 aromatic heterocycles. The summed E-state index contributed by atoms with van der Waals surface area (Å²) in [6.07, 6.45) is 17.4. The van der Waals surface area contributed by atoms with Gasteiger partial charge in [-0.05, 0) is 124 Å². The molecule has 6 fully saturated rings. The molecule has 0 amide bonds. The number of hydrogen-bond acceptors (Lipinski definition) is 8. The molecule has 0 radical (unpaired) electrons. The predicted octanol–water partition coefficient (Wildman–Crippen LogP) is 7.26. The summed E-state index contributed by atoms with van der Waals surface area (Å²) in [7, 11) is -1.06. The Morgan fingerprint density at radius 3 is 1.02 bits per heavy atom. The van der Waals surface area contributed by atoms with E-state index in [9.17, 15) is 0 Å². The van der Waals surface area contributed by atoms with Gasteiger partial charge in [0.25, 0.3) is 0 Å². The summed E-state index contributed by atoms with van der Waals surface area (Å²) in [4.78, 5) is 0. The van der Waals surface area contributed by atoms with Gasteiger partial charge in [-0.15, -0.1) is 26.3 Å². The van der Waals surface area contributed by atoms with E-state index < -0.39 is 14.2 Å². The number of ether oxygens (including phenoxy) is 4. The van der Waals surface area contributed by atoms with Crippen LogP contribution in [-0.4, -0.2) is 65.1 Å². The molecule has 6 aliphatic rings. The highest BCUT2D eigenvalue weighted by molar-refractivity contribution is 6.64. The van der Waals surface area contributed by atoms with Crippen molar-refractivity contribution in [3.8, 4) is 23.0 Å². The lowest BCUT2D eigenvalue weighted by atomic mass is 9.67. The SMILES string of the molecule is C=CCCCOc1cccc(OCCCC=C)c1B1O[C@@H]2[C@H](O1)[C@@H]1C[C@H]2C2C1[C@H]1C[C@@H]2[C@@H]2OB(c3c(OCCCC=C)cccc3OCCCC=C)O[C@@H]21. The highest BCUT2D eigenvalue weighted by Crippen LogP contribution is 2.70. The average Bonchev–Trinajstić information content (AvgIpc) is 4.03. The summed E-state index contributed by atoms with van der Waals surface area (Å²) in [5.41, 5.74) is 1.74. The standard InChI is InChI=1S/C44H56B2O8/c1-5-9-13-23-47-33-19-17-20-34(48-24-14-10-6-2)39(33)45-51-41-29-27-30(42(41)52-45)38-32-28-31(37(29)38)43-44(32)54-46(53-43)40-35(49-25-15-11-7-3)21-18-22-36(40)50-26-16-12-8-4/h5-8,17-22,29-32,37-38,41-44H,1-4,9-16,23-28H2/t29-,30+,31-,32+,37?,38?,41-,42+,43-,44+. The Kier molecular flexibility index (Phi) is 11.9. The zero-order valence-corrected chi connectivity index (χ0v) is 31.7. The van der Waals surface area contributed by atoms with Crippen LogP contribution in [0.4, 0.5) is 0 Å². The summed E-state index contributed by atoms with van der Waals surface area (Å²) < 4.78 is 53.3. The van der Waals surface area contributed by atoms with Gasteiger partial charge in [0.15, 0.2) is 0 Å². The van der Waals surface area contributed by atoms with Crippen LogP contribution in [-0.2, 0) is 18.6 Å². The highest BCUT2D eigenvalue weighted by Gasteiger charge is 2.74.